The molecule has 5 rings (SSSR count). The van der Waals surface area contributed by atoms with Gasteiger partial charge in [-0.05, 0) is 49.6 Å². The van der Waals surface area contributed by atoms with Crippen molar-refractivity contribution >= 4 is 11.9 Å². The summed E-state index contributed by atoms with van der Waals surface area (Å²) in [6.45, 7) is 4.86. The lowest BCUT2D eigenvalue weighted by Gasteiger charge is -2.31. The summed E-state index contributed by atoms with van der Waals surface area (Å²) in [5.41, 5.74) is 3.24. The van der Waals surface area contributed by atoms with Crippen molar-refractivity contribution in [3.63, 3.8) is 0 Å². The van der Waals surface area contributed by atoms with Crippen LogP contribution < -0.4 is 18.9 Å². The molecule has 1 atom stereocenters. The molecule has 1 fully saturated rings. The van der Waals surface area contributed by atoms with E-state index in [2.05, 4.69) is 4.90 Å². The van der Waals surface area contributed by atoms with Gasteiger partial charge in [-0.2, -0.15) is 0 Å². The number of carbonyl (C=O) groups excluding carboxylic acids is 1. The number of rotatable bonds is 5. The monoisotopic (exact) mass is 437 g/mol. The first kappa shape index (κ1) is 20.8. The summed E-state index contributed by atoms with van der Waals surface area (Å²) in [7, 11) is 3.17. The van der Waals surface area contributed by atoms with E-state index in [1.165, 1.54) is 0 Å². The highest BCUT2D eigenvalue weighted by Gasteiger charge is 2.34. The fraction of sp³-hybridized carbons (Fsp3) is 0.400. The van der Waals surface area contributed by atoms with Crippen LogP contribution in [0.5, 0.6) is 23.0 Å². The van der Waals surface area contributed by atoms with Crippen LogP contribution in [0.1, 0.15) is 39.9 Å². The number of hydrogen-bond donors (Lipinski definition) is 0. The smallest absolute Gasteiger partial charge is 0.231 e. The Morgan fingerprint density at radius 3 is 2.75 bits per heavy atom. The van der Waals surface area contributed by atoms with Crippen LogP contribution in [0.4, 0.5) is 0 Å². The fourth-order valence-corrected chi connectivity index (χ4v) is 4.58. The molecule has 32 heavy (non-hydrogen) atoms. The lowest BCUT2D eigenvalue weighted by Crippen LogP contribution is -2.37. The van der Waals surface area contributed by atoms with Crippen LogP contribution in [0.25, 0.3) is 6.08 Å². The maximum absolute atomic E-state index is 13.2. The molecule has 1 saturated heterocycles. The molecule has 0 aliphatic carbocycles. The number of carbonyl (C=O) groups is 1. The van der Waals surface area contributed by atoms with Gasteiger partial charge >= 0.3 is 0 Å². The highest BCUT2D eigenvalue weighted by Crippen LogP contribution is 2.43. The van der Waals surface area contributed by atoms with Crippen molar-refractivity contribution in [1.29, 1.82) is 0 Å². The summed E-state index contributed by atoms with van der Waals surface area (Å²) in [6, 6.07) is 7.39. The van der Waals surface area contributed by atoms with E-state index in [0.29, 0.717) is 29.5 Å². The summed E-state index contributed by atoms with van der Waals surface area (Å²) in [4.78, 5) is 15.4. The Labute approximate surface area is 187 Å². The Morgan fingerprint density at radius 1 is 1.16 bits per heavy atom. The van der Waals surface area contributed by atoms with E-state index < -0.39 is 0 Å². The predicted octanol–water partition coefficient (Wildman–Crippen LogP) is 3.96. The van der Waals surface area contributed by atoms with Crippen molar-refractivity contribution in [1.82, 2.24) is 4.90 Å². The normalized spacial score (nSPS) is 21.2. The molecule has 0 radical (unpaired) electrons. The van der Waals surface area contributed by atoms with Crippen LogP contribution in [0, 0.1) is 6.92 Å². The number of fused-ring (bicyclic) bond motifs is 2. The van der Waals surface area contributed by atoms with Gasteiger partial charge in [0.2, 0.25) is 5.78 Å². The maximum Gasteiger partial charge on any atom is 0.231 e. The molecule has 1 unspecified atom stereocenters. The Morgan fingerprint density at radius 2 is 2.00 bits per heavy atom. The SMILES string of the molecule is COc1ccc(/C=C2\Oc3c(cc4c(c3C)OCN(CC3CCCO3)C4)C2=O)cc1OC. The second kappa shape index (κ2) is 8.48. The van der Waals surface area contributed by atoms with Gasteiger partial charge in [-0.25, -0.2) is 0 Å². The number of ketones is 1. The highest BCUT2D eigenvalue weighted by molar-refractivity contribution is 6.15. The summed E-state index contributed by atoms with van der Waals surface area (Å²) in [5.74, 6) is 2.77. The van der Waals surface area contributed by atoms with Gasteiger partial charge in [-0.15, -0.1) is 0 Å². The van der Waals surface area contributed by atoms with Crippen LogP contribution >= 0.6 is 0 Å². The van der Waals surface area contributed by atoms with E-state index in [4.69, 9.17) is 23.7 Å². The van der Waals surface area contributed by atoms with E-state index in [0.717, 1.165) is 55.0 Å². The van der Waals surface area contributed by atoms with Crippen molar-refractivity contribution in [2.75, 3.05) is 34.1 Å². The van der Waals surface area contributed by atoms with E-state index in [1.807, 2.05) is 25.1 Å². The third-order valence-corrected chi connectivity index (χ3v) is 6.19. The molecule has 3 aliphatic rings. The highest BCUT2D eigenvalue weighted by atomic mass is 16.5. The van der Waals surface area contributed by atoms with Crippen LogP contribution in [-0.4, -0.2) is 50.9 Å². The minimum absolute atomic E-state index is 0.128. The van der Waals surface area contributed by atoms with Gasteiger partial charge < -0.3 is 23.7 Å². The molecule has 7 nitrogen and oxygen atoms in total. The summed E-state index contributed by atoms with van der Waals surface area (Å²) in [6.07, 6.45) is 4.19. The van der Waals surface area contributed by atoms with Crippen molar-refractivity contribution in [3.05, 3.63) is 52.3 Å². The number of nitrogens with zero attached hydrogens (tertiary/aromatic N) is 1. The Kier molecular flexibility index (Phi) is 5.53. The van der Waals surface area contributed by atoms with Gasteiger partial charge in [0.05, 0.1) is 25.9 Å². The topological polar surface area (TPSA) is 66.5 Å². The van der Waals surface area contributed by atoms with Crippen LogP contribution in [0.3, 0.4) is 0 Å². The van der Waals surface area contributed by atoms with Crippen LogP contribution in [0.2, 0.25) is 0 Å². The average Bonchev–Trinajstić information content (AvgIpc) is 3.42. The second-order valence-electron chi connectivity index (χ2n) is 8.34. The molecule has 2 aromatic rings. The lowest BCUT2D eigenvalue weighted by molar-refractivity contribution is 0.0276. The van der Waals surface area contributed by atoms with Gasteiger partial charge in [-0.1, -0.05) is 6.07 Å². The average molecular weight is 437 g/mol. The molecule has 0 bridgehead atoms. The van der Waals surface area contributed by atoms with Gasteiger partial charge in [0.15, 0.2) is 17.3 Å². The first-order valence-corrected chi connectivity index (χ1v) is 10.9. The molecule has 168 valence electrons. The lowest BCUT2D eigenvalue weighted by atomic mass is 10.00. The molecule has 0 amide bonds. The van der Waals surface area contributed by atoms with Gasteiger partial charge in [0.25, 0.3) is 0 Å². The third kappa shape index (κ3) is 3.72. The third-order valence-electron chi connectivity index (χ3n) is 6.19. The zero-order valence-electron chi connectivity index (χ0n) is 18.6. The molecular formula is C25H27NO6. The fourth-order valence-electron chi connectivity index (χ4n) is 4.58. The van der Waals surface area contributed by atoms with E-state index in [-0.39, 0.29) is 17.6 Å². The largest absolute Gasteiger partial charge is 0.493 e. The Bertz CT molecular complexity index is 1090. The summed E-state index contributed by atoms with van der Waals surface area (Å²) >= 11 is 0. The molecule has 3 aliphatic heterocycles. The molecule has 0 N–H and O–H groups in total. The number of Topliss-reactive ketones (excluding diaryl/α,β-unsaturated/α-hetero) is 1. The van der Waals surface area contributed by atoms with Crippen molar-refractivity contribution in [2.24, 2.45) is 0 Å². The number of hydrogen-bond acceptors (Lipinski definition) is 7. The molecule has 0 aromatic heterocycles. The number of benzene rings is 2. The van der Waals surface area contributed by atoms with Crippen LogP contribution in [0.15, 0.2) is 30.0 Å². The van der Waals surface area contributed by atoms with Crippen molar-refractivity contribution < 1.29 is 28.5 Å². The maximum atomic E-state index is 13.2. The Hall–Kier alpha value is -3.03. The first-order chi connectivity index (χ1) is 15.6. The van der Waals surface area contributed by atoms with E-state index >= 15 is 0 Å². The standard InChI is InChI=1S/C25H27NO6/c1-15-24-17(12-26(14-31-24)13-18-5-4-8-30-18)11-19-23(27)22(32-25(15)19)10-16-6-7-20(28-2)21(9-16)29-3/h6-7,9-11,18H,4-5,8,12-14H2,1-3H3/b22-10-. The molecule has 0 spiro atoms. The minimum Gasteiger partial charge on any atom is -0.493 e. The van der Waals surface area contributed by atoms with Gasteiger partial charge in [0, 0.05) is 30.8 Å². The van der Waals surface area contributed by atoms with Gasteiger partial charge in [0.1, 0.15) is 18.2 Å². The quantitative estimate of drug-likeness (QED) is 0.656. The van der Waals surface area contributed by atoms with Crippen LogP contribution in [-0.2, 0) is 11.3 Å². The molecule has 7 heteroatoms. The predicted molar refractivity (Wildman–Crippen MR) is 119 cm³/mol. The summed E-state index contributed by atoms with van der Waals surface area (Å²) in [5, 5.41) is 0. The molecule has 3 heterocycles. The molecule has 0 saturated carbocycles. The molecule has 2 aromatic carbocycles. The van der Waals surface area contributed by atoms with Gasteiger partial charge in [-0.3, -0.25) is 9.69 Å². The summed E-state index contributed by atoms with van der Waals surface area (Å²) < 4.78 is 28.5. The minimum atomic E-state index is -0.128. The Balaban J connectivity index is 1.41. The molecular weight excluding hydrogens is 410 g/mol. The second-order valence-corrected chi connectivity index (χ2v) is 8.34. The van der Waals surface area contributed by atoms with Crippen molar-refractivity contribution in [3.8, 4) is 23.0 Å². The van der Waals surface area contributed by atoms with E-state index in [1.54, 1.807) is 26.4 Å². The number of allylic oxidation sites excluding steroid dienone is 1. The number of methoxy groups -OCH3 is 2. The number of ether oxygens (including phenoxy) is 5. The first-order valence-electron chi connectivity index (χ1n) is 10.9. The van der Waals surface area contributed by atoms with Crippen molar-refractivity contribution in [2.45, 2.75) is 32.4 Å². The zero-order chi connectivity index (χ0) is 22.2. The van der Waals surface area contributed by atoms with E-state index in [9.17, 15) is 4.79 Å². The zero-order valence-corrected chi connectivity index (χ0v) is 18.6.